The van der Waals surface area contributed by atoms with E-state index in [0.717, 1.165) is 18.4 Å². The van der Waals surface area contributed by atoms with Gasteiger partial charge in [0.1, 0.15) is 0 Å². The van der Waals surface area contributed by atoms with E-state index in [1.165, 1.54) is 4.31 Å². The summed E-state index contributed by atoms with van der Waals surface area (Å²) >= 11 is 0. The van der Waals surface area contributed by atoms with Crippen LogP contribution in [-0.2, 0) is 16.8 Å². The summed E-state index contributed by atoms with van der Waals surface area (Å²) in [6.07, 6.45) is 2.06. The molecule has 5 nitrogen and oxygen atoms in total. The largest absolute Gasteiger partial charge is 0.393 e. The predicted octanol–water partition coefficient (Wildman–Crippen LogP) is 1.11. The van der Waals surface area contributed by atoms with Crippen LogP contribution in [0.5, 0.6) is 0 Å². The molecule has 0 heterocycles. The molecule has 20 heavy (non-hydrogen) atoms. The Morgan fingerprint density at radius 3 is 2.60 bits per heavy atom. The highest BCUT2D eigenvalue weighted by atomic mass is 32.2. The average molecular weight is 298 g/mol. The number of aliphatic hydroxyl groups excluding tert-OH is 1. The first-order valence-electron chi connectivity index (χ1n) is 6.90. The lowest BCUT2D eigenvalue weighted by Crippen LogP contribution is -2.39. The van der Waals surface area contributed by atoms with Crippen LogP contribution in [0.3, 0.4) is 0 Å². The molecule has 1 fully saturated rings. The molecule has 1 aliphatic rings. The van der Waals surface area contributed by atoms with Crippen molar-refractivity contribution in [3.05, 3.63) is 35.9 Å². The molecule has 2 atom stereocenters. The summed E-state index contributed by atoms with van der Waals surface area (Å²) < 4.78 is 28.2. The van der Waals surface area contributed by atoms with Crippen LogP contribution in [0.15, 0.2) is 30.3 Å². The predicted molar refractivity (Wildman–Crippen MR) is 78.2 cm³/mol. The van der Waals surface area contributed by atoms with E-state index >= 15 is 0 Å². The molecule has 0 aliphatic heterocycles. The van der Waals surface area contributed by atoms with Gasteiger partial charge in [0.05, 0.1) is 6.10 Å². The maximum Gasteiger partial charge on any atom is 0.279 e. The Morgan fingerprint density at radius 1 is 1.30 bits per heavy atom. The summed E-state index contributed by atoms with van der Waals surface area (Å²) in [6.45, 7) is 0.752. The van der Waals surface area contributed by atoms with Crippen molar-refractivity contribution in [2.24, 2.45) is 5.92 Å². The number of nitrogens with zero attached hydrogens (tertiary/aromatic N) is 1. The second-order valence-electron chi connectivity index (χ2n) is 5.43. The van der Waals surface area contributed by atoms with Gasteiger partial charge in [0.15, 0.2) is 0 Å². The zero-order valence-electron chi connectivity index (χ0n) is 11.7. The van der Waals surface area contributed by atoms with Crippen molar-refractivity contribution >= 4 is 10.2 Å². The Bertz CT molecular complexity index is 518. The van der Waals surface area contributed by atoms with Crippen molar-refractivity contribution in [1.82, 2.24) is 9.03 Å². The van der Waals surface area contributed by atoms with Gasteiger partial charge in [0, 0.05) is 20.1 Å². The summed E-state index contributed by atoms with van der Waals surface area (Å²) in [5, 5.41) is 9.45. The Hall–Kier alpha value is -0.950. The van der Waals surface area contributed by atoms with Gasteiger partial charge in [-0.1, -0.05) is 30.3 Å². The fraction of sp³-hybridized carbons (Fsp3) is 0.571. The van der Waals surface area contributed by atoms with E-state index in [1.807, 2.05) is 30.3 Å². The van der Waals surface area contributed by atoms with Gasteiger partial charge in [-0.25, -0.2) is 4.72 Å². The lowest BCUT2D eigenvalue weighted by molar-refractivity contribution is 0.178. The van der Waals surface area contributed by atoms with Crippen molar-refractivity contribution in [3.63, 3.8) is 0 Å². The van der Waals surface area contributed by atoms with E-state index < -0.39 is 10.2 Å². The highest BCUT2D eigenvalue weighted by Crippen LogP contribution is 2.24. The average Bonchev–Trinajstić information content (AvgIpc) is 2.83. The summed E-state index contributed by atoms with van der Waals surface area (Å²) in [6, 6.07) is 9.49. The Labute approximate surface area is 120 Å². The minimum atomic E-state index is -3.46. The molecule has 1 saturated carbocycles. The van der Waals surface area contributed by atoms with Gasteiger partial charge in [0.2, 0.25) is 0 Å². The summed E-state index contributed by atoms with van der Waals surface area (Å²) in [5.74, 6) is 0.241. The third kappa shape index (κ3) is 4.28. The monoisotopic (exact) mass is 298 g/mol. The van der Waals surface area contributed by atoms with Crippen LogP contribution >= 0.6 is 0 Å². The summed E-state index contributed by atoms with van der Waals surface area (Å²) in [5.41, 5.74) is 0.955. The second kappa shape index (κ2) is 6.67. The van der Waals surface area contributed by atoms with E-state index in [-0.39, 0.29) is 12.0 Å². The van der Waals surface area contributed by atoms with E-state index in [0.29, 0.717) is 19.5 Å². The first-order chi connectivity index (χ1) is 9.47. The van der Waals surface area contributed by atoms with Crippen LogP contribution in [-0.4, -0.2) is 37.5 Å². The molecule has 0 saturated heterocycles. The second-order valence-corrected chi connectivity index (χ2v) is 7.29. The Kier molecular flexibility index (Phi) is 5.15. The maximum absolute atomic E-state index is 12.1. The lowest BCUT2D eigenvalue weighted by atomic mass is 10.1. The highest BCUT2D eigenvalue weighted by molar-refractivity contribution is 7.87. The Morgan fingerprint density at radius 2 is 2.00 bits per heavy atom. The number of nitrogens with one attached hydrogen (secondary N) is 1. The molecule has 1 aliphatic carbocycles. The van der Waals surface area contributed by atoms with Crippen molar-refractivity contribution in [2.45, 2.75) is 31.9 Å². The molecule has 2 N–H and O–H groups in total. The van der Waals surface area contributed by atoms with Crippen LogP contribution in [0.25, 0.3) is 0 Å². The number of hydrogen-bond donors (Lipinski definition) is 2. The quantitative estimate of drug-likeness (QED) is 0.826. The van der Waals surface area contributed by atoms with Crippen molar-refractivity contribution in [2.75, 3.05) is 13.6 Å². The molecular weight excluding hydrogens is 276 g/mol. The van der Waals surface area contributed by atoms with Gasteiger partial charge >= 0.3 is 0 Å². The highest BCUT2D eigenvalue weighted by Gasteiger charge is 2.25. The van der Waals surface area contributed by atoms with Gasteiger partial charge < -0.3 is 5.11 Å². The molecule has 1 aromatic rings. The summed E-state index contributed by atoms with van der Waals surface area (Å²) in [4.78, 5) is 0. The molecule has 6 heteroatoms. The van der Waals surface area contributed by atoms with Crippen LogP contribution in [0.1, 0.15) is 24.8 Å². The summed E-state index contributed by atoms with van der Waals surface area (Å²) in [7, 11) is -1.89. The fourth-order valence-corrected chi connectivity index (χ4v) is 3.48. The van der Waals surface area contributed by atoms with Crippen molar-refractivity contribution < 1.29 is 13.5 Å². The minimum Gasteiger partial charge on any atom is -0.393 e. The molecule has 2 unspecified atom stereocenters. The first kappa shape index (κ1) is 15.4. The zero-order chi connectivity index (χ0) is 14.6. The normalized spacial score (nSPS) is 23.4. The molecule has 0 bridgehead atoms. The van der Waals surface area contributed by atoms with E-state index in [9.17, 15) is 13.5 Å². The maximum atomic E-state index is 12.1. The SMILES string of the molecule is CN(Cc1ccccc1)S(=O)(=O)NCC1CCC(O)C1. The first-order valence-corrected chi connectivity index (χ1v) is 8.34. The number of hydrogen-bond acceptors (Lipinski definition) is 3. The third-order valence-corrected chi connectivity index (χ3v) is 5.21. The third-order valence-electron chi connectivity index (χ3n) is 3.73. The van der Waals surface area contributed by atoms with Crippen LogP contribution < -0.4 is 4.72 Å². The van der Waals surface area contributed by atoms with E-state index in [2.05, 4.69) is 4.72 Å². The van der Waals surface area contributed by atoms with Gasteiger partial charge in [-0.15, -0.1) is 0 Å². The smallest absolute Gasteiger partial charge is 0.279 e. The number of benzene rings is 1. The molecule has 2 rings (SSSR count). The molecule has 1 aromatic carbocycles. The van der Waals surface area contributed by atoms with Gasteiger partial charge in [-0.05, 0) is 30.7 Å². The number of aliphatic hydroxyl groups is 1. The fourth-order valence-electron chi connectivity index (χ4n) is 2.49. The molecular formula is C14H22N2O3S. The van der Waals surface area contributed by atoms with Gasteiger partial charge in [-0.3, -0.25) is 0 Å². The zero-order valence-corrected chi connectivity index (χ0v) is 12.5. The molecule has 112 valence electrons. The van der Waals surface area contributed by atoms with Crippen LogP contribution in [0, 0.1) is 5.92 Å². The molecule has 0 radical (unpaired) electrons. The standard InChI is InChI=1S/C14H22N2O3S/c1-16(11-12-5-3-2-4-6-12)20(18,19)15-10-13-7-8-14(17)9-13/h2-6,13-15,17H,7-11H2,1H3. The molecule has 0 amide bonds. The Balaban J connectivity index is 1.86. The minimum absolute atomic E-state index is 0.241. The van der Waals surface area contributed by atoms with Crippen molar-refractivity contribution in [1.29, 1.82) is 0 Å². The van der Waals surface area contributed by atoms with Gasteiger partial charge in [0.25, 0.3) is 10.2 Å². The van der Waals surface area contributed by atoms with Gasteiger partial charge in [-0.2, -0.15) is 12.7 Å². The molecule has 0 aromatic heterocycles. The van der Waals surface area contributed by atoms with Crippen LogP contribution in [0.4, 0.5) is 0 Å². The van der Waals surface area contributed by atoms with E-state index in [4.69, 9.17) is 0 Å². The van der Waals surface area contributed by atoms with E-state index in [1.54, 1.807) is 7.05 Å². The topological polar surface area (TPSA) is 69.6 Å². The van der Waals surface area contributed by atoms with Crippen LogP contribution in [0.2, 0.25) is 0 Å². The lowest BCUT2D eigenvalue weighted by Gasteiger charge is -2.19. The van der Waals surface area contributed by atoms with Crippen molar-refractivity contribution in [3.8, 4) is 0 Å². The molecule has 0 spiro atoms. The number of rotatable bonds is 6.